The van der Waals surface area contributed by atoms with Crippen molar-refractivity contribution >= 4 is 44.9 Å². The summed E-state index contributed by atoms with van der Waals surface area (Å²) in [6.45, 7) is 1.62. The number of carbonyl (C=O) groups excluding carboxylic acids is 1. The molecule has 0 spiro atoms. The van der Waals surface area contributed by atoms with Gasteiger partial charge in [-0.1, -0.05) is 23.2 Å². The second-order valence-electron chi connectivity index (χ2n) is 5.46. The number of anilines is 1. The van der Waals surface area contributed by atoms with E-state index < -0.39 is 16.0 Å². The molecule has 0 aliphatic rings. The lowest BCUT2D eigenvalue weighted by Crippen LogP contribution is -2.32. The molecule has 2 aromatic carbocycles. The minimum atomic E-state index is -4.15. The van der Waals surface area contributed by atoms with Crippen molar-refractivity contribution < 1.29 is 27.4 Å². The van der Waals surface area contributed by atoms with Crippen molar-refractivity contribution in [2.75, 3.05) is 32.2 Å². The van der Waals surface area contributed by atoms with E-state index in [9.17, 15) is 13.2 Å². The monoisotopic (exact) mass is 447 g/mol. The van der Waals surface area contributed by atoms with Crippen molar-refractivity contribution in [3.8, 4) is 11.5 Å². The maximum Gasteiger partial charge on any atom is 0.340 e. The summed E-state index contributed by atoms with van der Waals surface area (Å²) in [5, 5.41) is 0.211. The fourth-order valence-electron chi connectivity index (χ4n) is 2.61. The van der Waals surface area contributed by atoms with Gasteiger partial charge in [-0.05, 0) is 25.1 Å². The van der Waals surface area contributed by atoms with Gasteiger partial charge in [-0.25, -0.2) is 13.2 Å². The van der Waals surface area contributed by atoms with Crippen molar-refractivity contribution in [1.29, 1.82) is 0 Å². The van der Waals surface area contributed by atoms with Gasteiger partial charge in [-0.3, -0.25) is 4.31 Å². The average molecular weight is 448 g/mol. The van der Waals surface area contributed by atoms with Crippen molar-refractivity contribution in [2.24, 2.45) is 0 Å². The first-order chi connectivity index (χ1) is 13.2. The number of esters is 1. The molecular formula is C18H19Cl2NO6S. The third-order valence-electron chi connectivity index (χ3n) is 3.92. The van der Waals surface area contributed by atoms with Gasteiger partial charge in [0.15, 0.2) is 11.5 Å². The maximum atomic E-state index is 13.3. The number of sulfonamides is 1. The Morgan fingerprint density at radius 1 is 1.04 bits per heavy atom. The molecule has 28 heavy (non-hydrogen) atoms. The molecule has 0 saturated carbocycles. The van der Waals surface area contributed by atoms with E-state index >= 15 is 0 Å². The fourth-order valence-corrected chi connectivity index (χ4v) is 4.84. The van der Waals surface area contributed by atoms with Crippen molar-refractivity contribution in [1.82, 2.24) is 0 Å². The van der Waals surface area contributed by atoms with Crippen molar-refractivity contribution in [3.63, 3.8) is 0 Å². The van der Waals surface area contributed by atoms with Gasteiger partial charge < -0.3 is 14.2 Å². The Morgan fingerprint density at radius 2 is 1.64 bits per heavy atom. The number of ether oxygens (including phenoxy) is 3. The van der Waals surface area contributed by atoms with Crippen molar-refractivity contribution in [2.45, 2.75) is 11.8 Å². The van der Waals surface area contributed by atoms with Crippen LogP contribution in [0.1, 0.15) is 17.3 Å². The van der Waals surface area contributed by atoms with Gasteiger partial charge in [0.25, 0.3) is 10.0 Å². The van der Waals surface area contributed by atoms with E-state index in [0.29, 0.717) is 0 Å². The van der Waals surface area contributed by atoms with E-state index in [1.165, 1.54) is 51.7 Å². The van der Waals surface area contributed by atoms with E-state index in [-0.39, 0.29) is 44.2 Å². The first-order valence-corrected chi connectivity index (χ1v) is 10.2. The largest absolute Gasteiger partial charge is 0.493 e. The third-order valence-corrected chi connectivity index (χ3v) is 6.53. The number of rotatable bonds is 7. The number of nitrogens with zero attached hydrogens (tertiary/aromatic N) is 1. The van der Waals surface area contributed by atoms with Crippen molar-refractivity contribution in [3.05, 3.63) is 45.9 Å². The molecule has 0 amide bonds. The molecule has 7 nitrogen and oxygen atoms in total. The van der Waals surface area contributed by atoms with E-state index in [4.69, 9.17) is 37.4 Å². The highest BCUT2D eigenvalue weighted by atomic mass is 35.5. The van der Waals surface area contributed by atoms with Crippen LogP contribution in [0, 0.1) is 0 Å². The molecule has 0 aromatic heterocycles. The molecule has 0 unspecified atom stereocenters. The fraction of sp³-hybridized carbons (Fsp3) is 0.278. The van der Waals surface area contributed by atoms with E-state index in [1.54, 1.807) is 6.92 Å². The number of halogens is 2. The Kier molecular flexibility index (Phi) is 7.03. The molecule has 2 aromatic rings. The van der Waals surface area contributed by atoms with Crippen LogP contribution in [0.15, 0.2) is 35.2 Å². The van der Waals surface area contributed by atoms with Gasteiger partial charge >= 0.3 is 5.97 Å². The van der Waals surface area contributed by atoms with Gasteiger partial charge in [0, 0.05) is 23.7 Å². The third kappa shape index (κ3) is 4.14. The van der Waals surface area contributed by atoms with Crippen LogP contribution in [0.5, 0.6) is 11.5 Å². The lowest BCUT2D eigenvalue weighted by Gasteiger charge is -2.26. The van der Waals surface area contributed by atoms with E-state index in [2.05, 4.69) is 0 Å². The molecule has 0 bridgehead atoms. The Hall–Kier alpha value is -2.16. The molecule has 0 aliphatic carbocycles. The first kappa shape index (κ1) is 22.1. The second-order valence-corrected chi connectivity index (χ2v) is 8.13. The Balaban J connectivity index is 2.78. The Labute approximate surface area is 173 Å². The van der Waals surface area contributed by atoms with E-state index in [0.717, 1.165) is 4.31 Å². The molecule has 0 saturated heterocycles. The summed E-state index contributed by atoms with van der Waals surface area (Å²) in [4.78, 5) is 12.1. The van der Waals surface area contributed by atoms with Crippen LogP contribution in [0.4, 0.5) is 5.69 Å². The molecule has 0 atom stereocenters. The zero-order chi connectivity index (χ0) is 21.1. The smallest absolute Gasteiger partial charge is 0.340 e. The van der Waals surface area contributed by atoms with Crippen LogP contribution >= 0.6 is 23.2 Å². The normalized spacial score (nSPS) is 11.1. The number of methoxy groups -OCH3 is 3. The maximum absolute atomic E-state index is 13.3. The lowest BCUT2D eigenvalue weighted by molar-refractivity contribution is 0.0601. The van der Waals surface area contributed by atoms with Crippen LogP contribution in [0.2, 0.25) is 10.0 Å². The average Bonchev–Trinajstić information content (AvgIpc) is 2.68. The summed E-state index contributed by atoms with van der Waals surface area (Å²) in [5.74, 6) is -0.237. The lowest BCUT2D eigenvalue weighted by atomic mass is 10.1. The molecule has 0 heterocycles. The quantitative estimate of drug-likeness (QED) is 0.596. The van der Waals surface area contributed by atoms with E-state index in [1.807, 2.05) is 0 Å². The first-order valence-electron chi connectivity index (χ1n) is 8.03. The molecule has 10 heteroatoms. The summed E-state index contributed by atoms with van der Waals surface area (Å²) in [6, 6.07) is 6.87. The van der Waals surface area contributed by atoms with Gasteiger partial charge in [-0.2, -0.15) is 0 Å². The predicted molar refractivity (Wildman–Crippen MR) is 108 cm³/mol. The topological polar surface area (TPSA) is 82.1 Å². The van der Waals surface area contributed by atoms with Gasteiger partial charge in [0.2, 0.25) is 0 Å². The summed E-state index contributed by atoms with van der Waals surface area (Å²) in [5.41, 5.74) is 0.0479. The molecule has 0 radical (unpaired) electrons. The van der Waals surface area contributed by atoms with Gasteiger partial charge in [0.1, 0.15) is 4.90 Å². The predicted octanol–water partition coefficient (Wildman–Crippen LogP) is 4.01. The zero-order valence-electron chi connectivity index (χ0n) is 15.7. The number of carbonyl (C=O) groups is 1. The zero-order valence-corrected chi connectivity index (χ0v) is 18.0. The molecular weight excluding hydrogens is 429 g/mol. The van der Waals surface area contributed by atoms with Crippen LogP contribution in [-0.2, 0) is 14.8 Å². The minimum Gasteiger partial charge on any atom is -0.493 e. The van der Waals surface area contributed by atoms with Crippen LogP contribution < -0.4 is 13.8 Å². The molecule has 0 aliphatic heterocycles. The highest BCUT2D eigenvalue weighted by molar-refractivity contribution is 7.93. The summed E-state index contributed by atoms with van der Waals surface area (Å²) in [7, 11) is -0.155. The van der Waals surface area contributed by atoms with Crippen LogP contribution in [0.25, 0.3) is 0 Å². The van der Waals surface area contributed by atoms with Crippen LogP contribution in [0.3, 0.4) is 0 Å². The summed E-state index contributed by atoms with van der Waals surface area (Å²) >= 11 is 12.1. The van der Waals surface area contributed by atoms with Crippen LogP contribution in [-0.4, -0.2) is 42.3 Å². The molecule has 152 valence electrons. The highest BCUT2D eigenvalue weighted by Crippen LogP contribution is 2.38. The number of hydrogen-bond acceptors (Lipinski definition) is 6. The summed E-state index contributed by atoms with van der Waals surface area (Å²) in [6.07, 6.45) is 0. The standard InChI is InChI=1S/C18H19Cl2NO6S/c1-5-21(28(23,24)17-8-11(19)6-7-13(17)20)14-10-16(26-3)15(25-2)9-12(14)18(22)27-4/h6-10H,5H2,1-4H3. The second kappa shape index (κ2) is 8.89. The molecule has 0 fully saturated rings. The number of benzene rings is 2. The Morgan fingerprint density at radius 3 is 2.18 bits per heavy atom. The van der Waals surface area contributed by atoms with Gasteiger partial charge in [0.05, 0.1) is 37.6 Å². The summed E-state index contributed by atoms with van der Waals surface area (Å²) < 4.78 is 42.9. The highest BCUT2D eigenvalue weighted by Gasteiger charge is 2.31. The Bertz CT molecular complexity index is 994. The van der Waals surface area contributed by atoms with Gasteiger partial charge in [-0.15, -0.1) is 0 Å². The molecule has 2 rings (SSSR count). The SMILES string of the molecule is CCN(c1cc(OC)c(OC)cc1C(=O)OC)S(=O)(=O)c1cc(Cl)ccc1Cl. The molecule has 0 N–H and O–H groups in total. The number of hydrogen-bond donors (Lipinski definition) is 0. The minimum absolute atomic E-state index is 0.00273.